The molecule has 134 valence electrons. The van der Waals surface area contributed by atoms with Gasteiger partial charge in [-0.05, 0) is 39.8 Å². The van der Waals surface area contributed by atoms with Crippen LogP contribution in [0.5, 0.6) is 5.75 Å². The number of amides is 1. The summed E-state index contributed by atoms with van der Waals surface area (Å²) >= 11 is 6.00. The zero-order valence-electron chi connectivity index (χ0n) is 14.3. The number of alkyl carbamates (subject to hydrolysis) is 1. The summed E-state index contributed by atoms with van der Waals surface area (Å²) in [7, 11) is 0. The summed E-state index contributed by atoms with van der Waals surface area (Å²) in [6, 6.07) is 4.76. The van der Waals surface area contributed by atoms with Crippen LogP contribution in [0, 0.1) is 0 Å². The number of nitrogens with one attached hydrogen (secondary N) is 1. The summed E-state index contributed by atoms with van der Waals surface area (Å²) < 4.78 is 16.7. The Bertz CT molecular complexity index is 585. The summed E-state index contributed by atoms with van der Waals surface area (Å²) in [4.78, 5) is 12.2. The predicted octanol–water partition coefficient (Wildman–Crippen LogP) is 3.06. The number of halogens is 1. The lowest BCUT2D eigenvalue weighted by atomic mass is 9.98. The van der Waals surface area contributed by atoms with Crippen LogP contribution in [0.25, 0.3) is 0 Å². The summed E-state index contributed by atoms with van der Waals surface area (Å²) in [5.74, 6) is 0.598. The molecule has 0 aromatic heterocycles. The number of hydrogen-bond donors (Lipinski definition) is 2. The number of carbonyl (C=O) groups is 1. The van der Waals surface area contributed by atoms with E-state index in [2.05, 4.69) is 5.32 Å². The molecule has 0 unspecified atom stereocenters. The van der Waals surface area contributed by atoms with Crippen molar-refractivity contribution in [1.82, 2.24) is 5.32 Å². The molecule has 1 amide bonds. The lowest BCUT2D eigenvalue weighted by Gasteiger charge is -2.34. The van der Waals surface area contributed by atoms with E-state index in [1.807, 2.05) is 0 Å². The molecule has 0 fully saturated rings. The Balaban J connectivity index is 2.20. The maximum absolute atomic E-state index is 12.2. The molecule has 1 aromatic carbocycles. The number of ether oxygens (including phenoxy) is 3. The number of carbonyl (C=O) groups excluding carboxylic acids is 1. The molecule has 0 saturated heterocycles. The first-order valence-electron chi connectivity index (χ1n) is 7.87. The molecule has 0 saturated carbocycles. The quantitative estimate of drug-likeness (QED) is 0.866. The zero-order chi connectivity index (χ0) is 17.9. The van der Waals surface area contributed by atoms with Crippen molar-refractivity contribution in [3.05, 3.63) is 28.8 Å². The third-order valence-corrected chi connectivity index (χ3v) is 3.54. The molecule has 2 rings (SSSR count). The molecule has 3 atom stereocenters. The molecule has 2 N–H and O–H groups in total. The van der Waals surface area contributed by atoms with Crippen molar-refractivity contribution < 1.29 is 24.1 Å². The molecule has 1 aliphatic rings. The second-order valence-corrected chi connectivity index (χ2v) is 7.27. The fraction of sp³-hybridized carbons (Fsp3) is 0.588. The minimum absolute atomic E-state index is 0.142. The van der Waals surface area contributed by atoms with Crippen molar-refractivity contribution in [3.63, 3.8) is 0 Å². The fourth-order valence-electron chi connectivity index (χ4n) is 2.37. The Morgan fingerprint density at radius 1 is 1.50 bits per heavy atom. The van der Waals surface area contributed by atoms with E-state index in [0.29, 0.717) is 10.8 Å². The third-order valence-electron chi connectivity index (χ3n) is 3.31. The minimum atomic E-state index is -0.612. The van der Waals surface area contributed by atoms with Gasteiger partial charge in [-0.3, -0.25) is 0 Å². The van der Waals surface area contributed by atoms with Crippen molar-refractivity contribution in [2.24, 2.45) is 0 Å². The molecule has 0 bridgehead atoms. The lowest BCUT2D eigenvalue weighted by molar-refractivity contribution is -0.0485. The molecular weight excluding hydrogens is 334 g/mol. The SMILES string of the molecule is C[C@H](O)CO[C@@H]1COc2cc(Cl)ccc2[C@@H]1NC(=O)OC(C)(C)C. The van der Waals surface area contributed by atoms with Gasteiger partial charge in [0.2, 0.25) is 0 Å². The number of fused-ring (bicyclic) bond motifs is 1. The van der Waals surface area contributed by atoms with E-state index in [4.69, 9.17) is 25.8 Å². The van der Waals surface area contributed by atoms with Crippen LogP contribution in [-0.4, -0.2) is 42.2 Å². The van der Waals surface area contributed by atoms with Gasteiger partial charge >= 0.3 is 6.09 Å². The monoisotopic (exact) mass is 357 g/mol. The van der Waals surface area contributed by atoms with Crippen molar-refractivity contribution in [3.8, 4) is 5.75 Å². The third kappa shape index (κ3) is 5.26. The molecule has 7 heteroatoms. The van der Waals surface area contributed by atoms with Crippen LogP contribution in [0.1, 0.15) is 39.3 Å². The number of rotatable bonds is 4. The summed E-state index contributed by atoms with van der Waals surface area (Å²) in [6.45, 7) is 7.40. The molecule has 0 aliphatic carbocycles. The zero-order valence-corrected chi connectivity index (χ0v) is 15.1. The van der Waals surface area contributed by atoms with Crippen LogP contribution in [0.2, 0.25) is 5.02 Å². The van der Waals surface area contributed by atoms with Gasteiger partial charge in [0.1, 0.15) is 24.1 Å². The lowest BCUT2D eigenvalue weighted by Crippen LogP contribution is -2.45. The first kappa shape index (κ1) is 18.8. The van der Waals surface area contributed by atoms with Gasteiger partial charge < -0.3 is 24.6 Å². The van der Waals surface area contributed by atoms with Crippen LogP contribution in [0.3, 0.4) is 0 Å². The van der Waals surface area contributed by atoms with E-state index in [1.165, 1.54) is 0 Å². The highest BCUT2D eigenvalue weighted by Crippen LogP contribution is 2.35. The molecular formula is C17H24ClNO5. The normalized spacial score (nSPS) is 21.4. The summed E-state index contributed by atoms with van der Waals surface area (Å²) in [6.07, 6.45) is -1.60. The van der Waals surface area contributed by atoms with E-state index in [9.17, 15) is 9.90 Å². The van der Waals surface area contributed by atoms with Crippen molar-refractivity contribution in [2.75, 3.05) is 13.2 Å². The Hall–Kier alpha value is -1.50. The second kappa shape index (κ2) is 7.59. The van der Waals surface area contributed by atoms with Crippen LogP contribution in [0.15, 0.2) is 18.2 Å². The first-order chi connectivity index (χ1) is 11.2. The van der Waals surface area contributed by atoms with Gasteiger partial charge in [-0.25, -0.2) is 4.79 Å². The molecule has 0 spiro atoms. The molecule has 6 nitrogen and oxygen atoms in total. The molecule has 0 radical (unpaired) electrons. The topological polar surface area (TPSA) is 77.0 Å². The van der Waals surface area contributed by atoms with Gasteiger partial charge in [-0.15, -0.1) is 0 Å². The summed E-state index contributed by atoms with van der Waals surface area (Å²) in [5, 5.41) is 12.8. The van der Waals surface area contributed by atoms with Gasteiger partial charge in [0.25, 0.3) is 0 Å². The molecule has 1 aromatic rings. The van der Waals surface area contributed by atoms with Crippen LogP contribution >= 0.6 is 11.6 Å². The van der Waals surface area contributed by atoms with Crippen LogP contribution in [-0.2, 0) is 9.47 Å². The molecule has 1 aliphatic heterocycles. The van der Waals surface area contributed by atoms with E-state index in [1.54, 1.807) is 45.9 Å². The average molecular weight is 358 g/mol. The van der Waals surface area contributed by atoms with Crippen LogP contribution < -0.4 is 10.1 Å². The largest absolute Gasteiger partial charge is 0.490 e. The number of hydrogen-bond acceptors (Lipinski definition) is 5. The van der Waals surface area contributed by atoms with Crippen LogP contribution in [0.4, 0.5) is 4.79 Å². The van der Waals surface area contributed by atoms with Crippen molar-refractivity contribution >= 4 is 17.7 Å². The highest BCUT2D eigenvalue weighted by Gasteiger charge is 2.34. The van der Waals surface area contributed by atoms with E-state index >= 15 is 0 Å². The van der Waals surface area contributed by atoms with Gasteiger partial charge in [0.15, 0.2) is 0 Å². The summed E-state index contributed by atoms with van der Waals surface area (Å²) in [5.41, 5.74) is 0.153. The second-order valence-electron chi connectivity index (χ2n) is 6.84. The number of aliphatic hydroxyl groups is 1. The maximum Gasteiger partial charge on any atom is 0.408 e. The Labute approximate surface area is 147 Å². The van der Waals surface area contributed by atoms with Gasteiger partial charge in [0, 0.05) is 10.6 Å². The van der Waals surface area contributed by atoms with E-state index < -0.39 is 29.9 Å². The van der Waals surface area contributed by atoms with Gasteiger partial charge in [0.05, 0.1) is 18.8 Å². The van der Waals surface area contributed by atoms with Crippen molar-refractivity contribution in [2.45, 2.75) is 51.5 Å². The highest BCUT2D eigenvalue weighted by molar-refractivity contribution is 6.30. The van der Waals surface area contributed by atoms with Gasteiger partial charge in [-0.2, -0.15) is 0 Å². The van der Waals surface area contributed by atoms with E-state index in [-0.39, 0.29) is 13.2 Å². The van der Waals surface area contributed by atoms with Gasteiger partial charge in [-0.1, -0.05) is 17.7 Å². The maximum atomic E-state index is 12.2. The number of benzene rings is 1. The standard InChI is InChI=1S/C17H24ClNO5/c1-10(20)8-22-14-9-23-13-7-11(18)5-6-12(13)15(14)19-16(21)24-17(2,3)4/h5-7,10,14-15,20H,8-9H2,1-4H3,(H,19,21)/t10-,14+,15-/m0/s1. The smallest absolute Gasteiger partial charge is 0.408 e. The molecule has 24 heavy (non-hydrogen) atoms. The predicted molar refractivity (Wildman–Crippen MR) is 90.5 cm³/mol. The minimum Gasteiger partial charge on any atom is -0.490 e. The molecule has 1 heterocycles. The Kier molecular flexibility index (Phi) is 5.96. The Morgan fingerprint density at radius 2 is 2.21 bits per heavy atom. The first-order valence-corrected chi connectivity index (χ1v) is 8.25. The van der Waals surface area contributed by atoms with Crippen molar-refractivity contribution in [1.29, 1.82) is 0 Å². The van der Waals surface area contributed by atoms with E-state index in [0.717, 1.165) is 5.56 Å². The number of aliphatic hydroxyl groups excluding tert-OH is 1. The fourth-order valence-corrected chi connectivity index (χ4v) is 2.53. The highest BCUT2D eigenvalue weighted by atomic mass is 35.5. The average Bonchev–Trinajstić information content (AvgIpc) is 2.43. The Morgan fingerprint density at radius 3 is 2.83 bits per heavy atom.